The monoisotopic (exact) mass is 284 g/mol. The van der Waals surface area contributed by atoms with Gasteiger partial charge in [0, 0.05) is 0 Å². The molecule has 0 aromatic rings. The molecule has 0 aliphatic carbocycles. The van der Waals surface area contributed by atoms with Crippen molar-refractivity contribution >= 4 is 5.97 Å². The van der Waals surface area contributed by atoms with E-state index in [0.29, 0.717) is 6.08 Å². The highest BCUT2D eigenvalue weighted by molar-refractivity contribution is 5.71. The fourth-order valence-electron chi connectivity index (χ4n) is 1.11. The van der Waals surface area contributed by atoms with E-state index in [0.717, 1.165) is 6.26 Å². The van der Waals surface area contributed by atoms with E-state index in [2.05, 4.69) is 4.74 Å². The lowest BCUT2D eigenvalue weighted by Crippen LogP contribution is -2.46. The first-order valence-corrected chi connectivity index (χ1v) is 5.71. The minimum atomic E-state index is -5.00. The molecule has 0 bridgehead atoms. The van der Waals surface area contributed by atoms with Gasteiger partial charge in [0.15, 0.2) is 5.60 Å². The molecule has 0 aliphatic heterocycles. The van der Waals surface area contributed by atoms with Crippen molar-refractivity contribution < 1.29 is 32.5 Å². The van der Waals surface area contributed by atoms with Crippen LogP contribution < -0.4 is 0 Å². The van der Waals surface area contributed by atoms with E-state index in [9.17, 15) is 23.1 Å². The van der Waals surface area contributed by atoms with Gasteiger partial charge in [0.25, 0.3) is 0 Å². The molecule has 0 aliphatic rings. The first-order chi connectivity index (χ1) is 8.41. The van der Waals surface area contributed by atoms with E-state index in [1.54, 1.807) is 6.92 Å². The lowest BCUT2D eigenvalue weighted by atomic mass is 9.99. The van der Waals surface area contributed by atoms with Crippen molar-refractivity contribution in [2.24, 2.45) is 0 Å². The number of aliphatic hydroxyl groups is 1. The number of rotatable bonds is 5. The minimum Gasteiger partial charge on any atom is -0.502 e. The van der Waals surface area contributed by atoms with Gasteiger partial charge in [-0.3, -0.25) is 4.79 Å². The zero-order chi connectivity index (χ0) is 15.3. The first kappa shape index (κ1) is 17.8. The van der Waals surface area contributed by atoms with Gasteiger partial charge in [-0.05, 0) is 33.8 Å². The Hall–Kier alpha value is -1.24. The highest BCUT2D eigenvalue weighted by Crippen LogP contribution is 2.35. The maximum atomic E-state index is 12.8. The summed E-state index contributed by atoms with van der Waals surface area (Å²) in [6, 6.07) is 0. The minimum absolute atomic E-state index is 0.150. The maximum absolute atomic E-state index is 12.8. The van der Waals surface area contributed by atoms with E-state index in [1.165, 1.54) is 20.8 Å². The third-order valence-electron chi connectivity index (χ3n) is 1.93. The molecular weight excluding hydrogens is 265 g/mol. The zero-order valence-electron chi connectivity index (χ0n) is 11.4. The molecule has 0 heterocycles. The fourth-order valence-corrected chi connectivity index (χ4v) is 1.11. The highest BCUT2D eigenvalue weighted by Gasteiger charge is 2.54. The van der Waals surface area contributed by atoms with Gasteiger partial charge in [0.1, 0.15) is 5.60 Å². The average Bonchev–Trinajstić information content (AvgIpc) is 2.12. The molecule has 4 nitrogen and oxygen atoms in total. The van der Waals surface area contributed by atoms with Crippen LogP contribution in [-0.2, 0) is 14.3 Å². The molecule has 1 N–H and O–H groups in total. The van der Waals surface area contributed by atoms with Gasteiger partial charge in [-0.2, -0.15) is 13.2 Å². The molecule has 0 saturated carbocycles. The molecule has 1 unspecified atom stereocenters. The van der Waals surface area contributed by atoms with Crippen LogP contribution in [0.3, 0.4) is 0 Å². The molecule has 0 amide bonds. The Morgan fingerprint density at radius 3 is 2.16 bits per heavy atom. The van der Waals surface area contributed by atoms with E-state index >= 15 is 0 Å². The van der Waals surface area contributed by atoms with E-state index in [-0.39, 0.29) is 6.61 Å². The average molecular weight is 284 g/mol. The van der Waals surface area contributed by atoms with Crippen molar-refractivity contribution in [1.29, 1.82) is 0 Å². The van der Waals surface area contributed by atoms with Gasteiger partial charge in [-0.25, -0.2) is 0 Å². The summed E-state index contributed by atoms with van der Waals surface area (Å²) >= 11 is 0. The van der Waals surface area contributed by atoms with Crippen LogP contribution in [0.4, 0.5) is 13.2 Å². The Bertz CT molecular complexity index is 331. The Labute approximate surface area is 110 Å². The van der Waals surface area contributed by atoms with E-state index in [1.807, 2.05) is 0 Å². The number of alkyl halides is 3. The second-order valence-corrected chi connectivity index (χ2v) is 4.94. The zero-order valence-corrected chi connectivity index (χ0v) is 11.4. The molecule has 0 spiro atoms. The number of ether oxygens (including phenoxy) is 2. The van der Waals surface area contributed by atoms with Crippen LogP contribution in [0.25, 0.3) is 0 Å². The predicted molar refractivity (Wildman–Crippen MR) is 62.2 cm³/mol. The summed E-state index contributed by atoms with van der Waals surface area (Å²) < 4.78 is 47.7. The molecule has 0 saturated heterocycles. The topological polar surface area (TPSA) is 55.8 Å². The summed E-state index contributed by atoms with van der Waals surface area (Å²) in [6.45, 7) is 6.29. The van der Waals surface area contributed by atoms with Gasteiger partial charge in [0.2, 0.25) is 0 Å². The Morgan fingerprint density at radius 1 is 1.26 bits per heavy atom. The van der Waals surface area contributed by atoms with Gasteiger partial charge >= 0.3 is 12.1 Å². The van der Waals surface area contributed by atoms with Crippen LogP contribution in [0.2, 0.25) is 0 Å². The second-order valence-electron chi connectivity index (χ2n) is 4.94. The Morgan fingerprint density at radius 2 is 1.79 bits per heavy atom. The molecule has 0 radical (unpaired) electrons. The molecule has 0 rings (SSSR count). The molecule has 1 atom stereocenters. The molecular formula is C12H19F3O4. The predicted octanol–water partition coefficient (Wildman–Crippen LogP) is 2.56. The van der Waals surface area contributed by atoms with Gasteiger partial charge < -0.3 is 14.6 Å². The van der Waals surface area contributed by atoms with E-state index < -0.39 is 29.8 Å². The maximum Gasteiger partial charge on any atom is 0.421 e. The van der Waals surface area contributed by atoms with Crippen molar-refractivity contribution in [2.45, 2.75) is 51.5 Å². The molecule has 19 heavy (non-hydrogen) atoms. The number of esters is 1. The molecule has 0 fully saturated rings. The van der Waals surface area contributed by atoms with Gasteiger partial charge in [-0.15, -0.1) is 0 Å². The van der Waals surface area contributed by atoms with Crippen molar-refractivity contribution in [2.75, 3.05) is 6.61 Å². The lowest BCUT2D eigenvalue weighted by molar-refractivity contribution is -0.245. The number of carbonyl (C=O) groups excluding carboxylic acids is 1. The highest BCUT2D eigenvalue weighted by atomic mass is 19.4. The second kappa shape index (κ2) is 6.27. The van der Waals surface area contributed by atoms with Crippen molar-refractivity contribution in [1.82, 2.24) is 0 Å². The number of hydrogen-bond acceptors (Lipinski definition) is 4. The lowest BCUT2D eigenvalue weighted by Gasteiger charge is -2.28. The first-order valence-electron chi connectivity index (χ1n) is 5.71. The van der Waals surface area contributed by atoms with Gasteiger partial charge in [0.05, 0.1) is 19.3 Å². The van der Waals surface area contributed by atoms with Gasteiger partial charge in [-0.1, -0.05) is 0 Å². The summed E-state index contributed by atoms with van der Waals surface area (Å²) in [5.74, 6) is -1.14. The normalized spacial score (nSPS) is 16.2. The smallest absolute Gasteiger partial charge is 0.421 e. The number of hydrogen-bond donors (Lipinski definition) is 1. The van der Waals surface area contributed by atoms with Crippen molar-refractivity contribution in [3.63, 3.8) is 0 Å². The summed E-state index contributed by atoms with van der Waals surface area (Å²) in [6.07, 6.45) is -5.10. The quantitative estimate of drug-likeness (QED) is 0.622. The molecule has 7 heteroatoms. The molecule has 112 valence electrons. The van der Waals surface area contributed by atoms with Crippen LogP contribution in [0.15, 0.2) is 12.3 Å². The fraction of sp³-hybridized carbons (Fsp3) is 0.750. The third kappa shape index (κ3) is 6.47. The van der Waals surface area contributed by atoms with Crippen LogP contribution in [-0.4, -0.2) is 35.1 Å². The number of carbonyl (C=O) groups is 1. The standard InChI is InChI=1S/C12H19F3O4/c1-5-18-7-6-11(17,12(13,14)15)8-9(16)19-10(2,3)4/h6-7,17H,5,8H2,1-4H3/b7-6+. The molecule has 0 aromatic carbocycles. The van der Waals surface area contributed by atoms with Crippen LogP contribution in [0, 0.1) is 0 Å². The SMILES string of the molecule is CCO/C=C/C(O)(CC(=O)OC(C)(C)C)C(F)(F)F. The summed E-state index contributed by atoms with van der Waals surface area (Å²) in [7, 11) is 0. The Balaban J connectivity index is 4.93. The van der Waals surface area contributed by atoms with Crippen molar-refractivity contribution in [3.05, 3.63) is 12.3 Å². The summed E-state index contributed by atoms with van der Waals surface area (Å²) in [5.41, 5.74) is -4.22. The van der Waals surface area contributed by atoms with Crippen LogP contribution in [0.5, 0.6) is 0 Å². The molecule has 0 aromatic heterocycles. The summed E-state index contributed by atoms with van der Waals surface area (Å²) in [5, 5.41) is 9.55. The van der Waals surface area contributed by atoms with Crippen LogP contribution in [0.1, 0.15) is 34.1 Å². The number of halogens is 3. The van der Waals surface area contributed by atoms with E-state index in [4.69, 9.17) is 4.74 Å². The largest absolute Gasteiger partial charge is 0.502 e. The Kier molecular flexibility index (Phi) is 5.86. The summed E-state index contributed by atoms with van der Waals surface area (Å²) in [4.78, 5) is 11.4. The third-order valence-corrected chi connectivity index (χ3v) is 1.93. The van der Waals surface area contributed by atoms with Crippen molar-refractivity contribution in [3.8, 4) is 0 Å². The van der Waals surface area contributed by atoms with Crippen LogP contribution >= 0.6 is 0 Å².